The summed E-state index contributed by atoms with van der Waals surface area (Å²) >= 11 is 1.74. The van der Waals surface area contributed by atoms with Crippen LogP contribution in [0.15, 0.2) is 6.20 Å². The molecule has 24 heavy (non-hydrogen) atoms. The molecule has 2 saturated heterocycles. The molecule has 1 unspecified atom stereocenters. The van der Waals surface area contributed by atoms with E-state index in [2.05, 4.69) is 27.0 Å². The summed E-state index contributed by atoms with van der Waals surface area (Å²) in [7, 11) is 0. The molecule has 1 spiro atoms. The lowest BCUT2D eigenvalue weighted by atomic mass is 9.91. The molecule has 136 valence electrons. The van der Waals surface area contributed by atoms with Crippen molar-refractivity contribution in [3.63, 3.8) is 0 Å². The normalized spacial score (nSPS) is 25.0. The Labute approximate surface area is 160 Å². The van der Waals surface area contributed by atoms with Gasteiger partial charge in [0, 0.05) is 43.2 Å². The first kappa shape index (κ1) is 19.8. The molecule has 3 aliphatic rings. The molecule has 3 heterocycles. The number of nitrogens with one attached hydrogen (secondary N) is 1. The number of nitrogens with zero attached hydrogens (tertiary/aromatic N) is 3. The summed E-state index contributed by atoms with van der Waals surface area (Å²) in [6, 6.07) is 0. The zero-order valence-electron chi connectivity index (χ0n) is 14.0. The standard InChI is InChI=1S/C16H24N4OS.2ClH/c1-12-11-18-15(22-12)20-8-6-19(7-9-20)14(21)13-10-16(13)2-4-17-5-3-16;;/h11,13,17H,2-10H2,1H3;2*1H. The summed E-state index contributed by atoms with van der Waals surface area (Å²) in [5.74, 6) is 0.722. The Morgan fingerprint density at radius 1 is 1.25 bits per heavy atom. The highest BCUT2D eigenvalue weighted by molar-refractivity contribution is 7.15. The van der Waals surface area contributed by atoms with Crippen molar-refractivity contribution in [2.75, 3.05) is 44.2 Å². The minimum Gasteiger partial charge on any atom is -0.345 e. The van der Waals surface area contributed by atoms with Crippen LogP contribution in [0.1, 0.15) is 24.1 Å². The van der Waals surface area contributed by atoms with E-state index < -0.39 is 0 Å². The van der Waals surface area contributed by atoms with Crippen molar-refractivity contribution < 1.29 is 4.79 Å². The van der Waals surface area contributed by atoms with Gasteiger partial charge in [-0.3, -0.25) is 4.79 Å². The maximum atomic E-state index is 12.8. The fourth-order valence-electron chi connectivity index (χ4n) is 4.00. The van der Waals surface area contributed by atoms with E-state index in [0.717, 1.165) is 50.8 Å². The van der Waals surface area contributed by atoms with E-state index in [-0.39, 0.29) is 24.8 Å². The van der Waals surface area contributed by atoms with Gasteiger partial charge >= 0.3 is 0 Å². The van der Waals surface area contributed by atoms with E-state index >= 15 is 0 Å². The van der Waals surface area contributed by atoms with E-state index in [1.54, 1.807) is 11.3 Å². The van der Waals surface area contributed by atoms with Gasteiger partial charge in [-0.15, -0.1) is 36.2 Å². The van der Waals surface area contributed by atoms with E-state index in [4.69, 9.17) is 0 Å². The number of carbonyl (C=O) groups excluding carboxylic acids is 1. The Balaban J connectivity index is 0.00000104. The van der Waals surface area contributed by atoms with Crippen LogP contribution in [-0.2, 0) is 4.79 Å². The Kier molecular flexibility index (Phi) is 6.40. The Morgan fingerprint density at radius 3 is 2.50 bits per heavy atom. The fourth-order valence-corrected chi connectivity index (χ4v) is 4.81. The quantitative estimate of drug-likeness (QED) is 0.838. The van der Waals surface area contributed by atoms with E-state index in [9.17, 15) is 4.79 Å². The van der Waals surface area contributed by atoms with Gasteiger partial charge in [0.15, 0.2) is 5.13 Å². The largest absolute Gasteiger partial charge is 0.345 e. The third-order valence-electron chi connectivity index (χ3n) is 5.56. The lowest BCUT2D eigenvalue weighted by molar-refractivity contribution is -0.133. The minimum absolute atomic E-state index is 0. The number of anilines is 1. The van der Waals surface area contributed by atoms with Crippen LogP contribution in [0.25, 0.3) is 0 Å². The number of hydrogen-bond donors (Lipinski definition) is 1. The maximum Gasteiger partial charge on any atom is 0.226 e. The molecular weight excluding hydrogens is 367 g/mol. The van der Waals surface area contributed by atoms with Crippen molar-refractivity contribution in [2.45, 2.75) is 26.2 Å². The maximum absolute atomic E-state index is 12.8. The van der Waals surface area contributed by atoms with Gasteiger partial charge in [0.05, 0.1) is 0 Å². The Bertz CT molecular complexity index is 568. The molecule has 0 bridgehead atoms. The van der Waals surface area contributed by atoms with Gasteiger partial charge in [-0.1, -0.05) is 0 Å². The van der Waals surface area contributed by atoms with Crippen LogP contribution >= 0.6 is 36.2 Å². The molecule has 1 atom stereocenters. The molecule has 1 amide bonds. The lowest BCUT2D eigenvalue weighted by Crippen LogP contribution is -2.49. The van der Waals surface area contributed by atoms with Crippen molar-refractivity contribution in [3.8, 4) is 0 Å². The number of piperazine rings is 1. The van der Waals surface area contributed by atoms with E-state index in [0.29, 0.717) is 17.2 Å². The highest BCUT2D eigenvalue weighted by atomic mass is 35.5. The SMILES string of the molecule is Cc1cnc(N2CCN(C(=O)C3CC34CCNCC4)CC2)s1.Cl.Cl. The predicted octanol–water partition coefficient (Wildman–Crippen LogP) is 2.33. The smallest absolute Gasteiger partial charge is 0.226 e. The Morgan fingerprint density at radius 2 is 1.92 bits per heavy atom. The zero-order chi connectivity index (χ0) is 15.2. The number of hydrogen-bond acceptors (Lipinski definition) is 5. The van der Waals surface area contributed by atoms with Gasteiger partial charge in [-0.05, 0) is 44.7 Å². The molecule has 4 rings (SSSR count). The van der Waals surface area contributed by atoms with Crippen LogP contribution in [0.5, 0.6) is 0 Å². The summed E-state index contributed by atoms with van der Waals surface area (Å²) in [6.07, 6.45) is 5.42. The predicted molar refractivity (Wildman–Crippen MR) is 103 cm³/mol. The first-order chi connectivity index (χ1) is 10.7. The fraction of sp³-hybridized carbons (Fsp3) is 0.750. The van der Waals surface area contributed by atoms with Gasteiger partial charge in [0.1, 0.15) is 0 Å². The van der Waals surface area contributed by atoms with Gasteiger partial charge < -0.3 is 15.1 Å². The second-order valence-corrected chi connectivity index (χ2v) is 8.15. The summed E-state index contributed by atoms with van der Waals surface area (Å²) in [5, 5.41) is 4.51. The number of amides is 1. The topological polar surface area (TPSA) is 48.5 Å². The molecule has 1 aromatic heterocycles. The highest BCUT2D eigenvalue weighted by Gasteiger charge is 2.58. The average molecular weight is 393 g/mol. The number of carbonyl (C=O) groups is 1. The number of rotatable bonds is 2. The van der Waals surface area contributed by atoms with Gasteiger partial charge in [-0.25, -0.2) is 4.98 Å². The van der Waals surface area contributed by atoms with Gasteiger partial charge in [0.25, 0.3) is 0 Å². The van der Waals surface area contributed by atoms with Crippen molar-refractivity contribution in [3.05, 3.63) is 11.1 Å². The second-order valence-electron chi connectivity index (χ2n) is 6.93. The summed E-state index contributed by atoms with van der Waals surface area (Å²) in [6.45, 7) is 7.79. The van der Waals surface area contributed by atoms with E-state index in [1.807, 2.05) is 6.20 Å². The number of aromatic nitrogens is 1. The van der Waals surface area contributed by atoms with E-state index in [1.165, 1.54) is 17.7 Å². The molecule has 5 nitrogen and oxygen atoms in total. The molecule has 3 fully saturated rings. The van der Waals surface area contributed by atoms with Crippen LogP contribution in [0, 0.1) is 18.3 Å². The molecule has 0 radical (unpaired) electrons. The van der Waals surface area contributed by atoms with Gasteiger partial charge in [0.2, 0.25) is 5.91 Å². The monoisotopic (exact) mass is 392 g/mol. The summed E-state index contributed by atoms with van der Waals surface area (Å²) in [5.41, 5.74) is 0.353. The van der Waals surface area contributed by atoms with Crippen LogP contribution in [0.2, 0.25) is 0 Å². The molecular formula is C16H26Cl2N4OS. The van der Waals surface area contributed by atoms with Crippen LogP contribution in [0.4, 0.5) is 5.13 Å². The number of piperidine rings is 1. The van der Waals surface area contributed by atoms with Crippen molar-refractivity contribution in [1.29, 1.82) is 0 Å². The zero-order valence-corrected chi connectivity index (χ0v) is 16.4. The molecule has 8 heteroatoms. The molecule has 0 aromatic carbocycles. The van der Waals surface area contributed by atoms with Crippen LogP contribution < -0.4 is 10.2 Å². The lowest BCUT2D eigenvalue weighted by Gasteiger charge is -2.35. The Hall–Kier alpha value is -0.560. The average Bonchev–Trinajstić information content (AvgIpc) is 3.05. The van der Waals surface area contributed by atoms with Crippen LogP contribution in [-0.4, -0.2) is 55.1 Å². The molecule has 1 aliphatic carbocycles. The number of thiazole rings is 1. The van der Waals surface area contributed by atoms with Crippen molar-refractivity contribution in [2.24, 2.45) is 11.3 Å². The third-order valence-corrected chi connectivity index (χ3v) is 6.53. The first-order valence-corrected chi connectivity index (χ1v) is 9.16. The highest BCUT2D eigenvalue weighted by Crippen LogP contribution is 2.59. The summed E-state index contributed by atoms with van der Waals surface area (Å²) < 4.78 is 0. The number of halogens is 2. The minimum atomic E-state index is 0. The molecule has 1 aromatic rings. The molecule has 1 N–H and O–H groups in total. The number of aryl methyl sites for hydroxylation is 1. The van der Waals surface area contributed by atoms with Crippen LogP contribution in [0.3, 0.4) is 0 Å². The molecule has 2 aliphatic heterocycles. The summed E-state index contributed by atoms with van der Waals surface area (Å²) in [4.78, 5) is 22.9. The van der Waals surface area contributed by atoms with Crippen molar-refractivity contribution in [1.82, 2.24) is 15.2 Å². The molecule has 1 saturated carbocycles. The third kappa shape index (κ3) is 3.66. The second kappa shape index (κ2) is 7.77. The first-order valence-electron chi connectivity index (χ1n) is 8.35. The van der Waals surface area contributed by atoms with Crippen molar-refractivity contribution >= 4 is 47.2 Å². The van der Waals surface area contributed by atoms with Gasteiger partial charge in [-0.2, -0.15) is 0 Å².